The van der Waals surface area contributed by atoms with Crippen LogP contribution in [0.4, 0.5) is 0 Å². The quantitative estimate of drug-likeness (QED) is 0.898. The Kier molecular flexibility index (Phi) is 3.62. The van der Waals surface area contributed by atoms with Crippen LogP contribution in [0.1, 0.15) is 25.8 Å². The summed E-state index contributed by atoms with van der Waals surface area (Å²) < 4.78 is 10.3. The summed E-state index contributed by atoms with van der Waals surface area (Å²) in [5.74, 6) is 2.06. The maximum atomic E-state index is 5.96. The lowest BCUT2D eigenvalue weighted by molar-refractivity contribution is 0.325. The third-order valence-corrected chi connectivity index (χ3v) is 2.79. The lowest BCUT2D eigenvalue weighted by atomic mass is 10.1. The van der Waals surface area contributed by atoms with E-state index < -0.39 is 0 Å². The summed E-state index contributed by atoms with van der Waals surface area (Å²) in [5, 5.41) is 3.94. The van der Waals surface area contributed by atoms with Crippen molar-refractivity contribution < 1.29 is 9.26 Å². The van der Waals surface area contributed by atoms with E-state index in [1.165, 1.54) is 0 Å². The van der Waals surface area contributed by atoms with Crippen molar-refractivity contribution in [2.24, 2.45) is 11.7 Å². The van der Waals surface area contributed by atoms with Crippen molar-refractivity contribution in [1.29, 1.82) is 0 Å². The smallest absolute Gasteiger partial charge is 0.244 e. The van der Waals surface area contributed by atoms with Gasteiger partial charge in [-0.1, -0.05) is 19.0 Å². The molecule has 0 amide bonds. The van der Waals surface area contributed by atoms with Crippen LogP contribution >= 0.6 is 0 Å². The molecular formula is C13H17N3O2. The van der Waals surface area contributed by atoms with E-state index in [1.54, 1.807) is 7.11 Å². The van der Waals surface area contributed by atoms with E-state index >= 15 is 0 Å². The van der Waals surface area contributed by atoms with Crippen molar-refractivity contribution in [3.63, 3.8) is 0 Å². The fourth-order valence-electron chi connectivity index (χ4n) is 1.51. The van der Waals surface area contributed by atoms with E-state index in [1.807, 2.05) is 38.1 Å². The van der Waals surface area contributed by atoms with E-state index in [0.717, 1.165) is 11.3 Å². The van der Waals surface area contributed by atoms with Crippen LogP contribution in [0, 0.1) is 5.92 Å². The summed E-state index contributed by atoms with van der Waals surface area (Å²) in [4.78, 5) is 4.31. The van der Waals surface area contributed by atoms with Crippen LogP contribution in [-0.2, 0) is 0 Å². The third kappa shape index (κ3) is 2.51. The Bertz CT molecular complexity index is 505. The van der Waals surface area contributed by atoms with Gasteiger partial charge in [0, 0.05) is 5.56 Å². The lowest BCUT2D eigenvalue weighted by Gasteiger charge is -2.09. The van der Waals surface area contributed by atoms with Crippen molar-refractivity contribution in [3.8, 4) is 17.1 Å². The molecule has 0 radical (unpaired) electrons. The average molecular weight is 247 g/mol. The number of nitrogens with two attached hydrogens (primary N) is 1. The first-order valence-electron chi connectivity index (χ1n) is 5.85. The van der Waals surface area contributed by atoms with Gasteiger partial charge in [0.05, 0.1) is 13.2 Å². The molecule has 0 unspecified atom stereocenters. The molecule has 0 spiro atoms. The van der Waals surface area contributed by atoms with Gasteiger partial charge in [-0.2, -0.15) is 4.98 Å². The van der Waals surface area contributed by atoms with Crippen molar-refractivity contribution >= 4 is 0 Å². The fraction of sp³-hybridized carbons (Fsp3) is 0.385. The van der Waals surface area contributed by atoms with E-state index in [0.29, 0.717) is 11.7 Å². The van der Waals surface area contributed by atoms with Crippen LogP contribution in [0.5, 0.6) is 5.75 Å². The first-order chi connectivity index (χ1) is 8.61. The molecule has 0 aliphatic rings. The Hall–Kier alpha value is -1.88. The monoisotopic (exact) mass is 247 g/mol. The van der Waals surface area contributed by atoms with Gasteiger partial charge >= 0.3 is 0 Å². The summed E-state index contributed by atoms with van der Waals surface area (Å²) in [5.41, 5.74) is 6.84. The van der Waals surface area contributed by atoms with E-state index in [2.05, 4.69) is 10.1 Å². The van der Waals surface area contributed by atoms with Gasteiger partial charge in [0.2, 0.25) is 11.7 Å². The first kappa shape index (κ1) is 12.6. The van der Waals surface area contributed by atoms with Gasteiger partial charge in [-0.15, -0.1) is 0 Å². The van der Waals surface area contributed by atoms with Gasteiger partial charge in [-0.25, -0.2) is 0 Å². The molecule has 96 valence electrons. The van der Waals surface area contributed by atoms with Crippen LogP contribution in [0.3, 0.4) is 0 Å². The van der Waals surface area contributed by atoms with Gasteiger partial charge < -0.3 is 15.0 Å². The van der Waals surface area contributed by atoms with Gasteiger partial charge in [-0.3, -0.25) is 0 Å². The zero-order chi connectivity index (χ0) is 13.1. The maximum absolute atomic E-state index is 5.96. The Labute approximate surface area is 106 Å². The van der Waals surface area contributed by atoms with Crippen LogP contribution in [0.25, 0.3) is 11.4 Å². The zero-order valence-electron chi connectivity index (χ0n) is 10.8. The molecule has 18 heavy (non-hydrogen) atoms. The molecule has 2 aromatic rings. The number of hydrogen-bond acceptors (Lipinski definition) is 5. The molecule has 0 aliphatic carbocycles. The van der Waals surface area contributed by atoms with Crippen molar-refractivity contribution in [2.75, 3.05) is 7.11 Å². The molecule has 1 aromatic heterocycles. The molecule has 1 aromatic carbocycles. The third-order valence-electron chi connectivity index (χ3n) is 2.79. The van der Waals surface area contributed by atoms with Crippen LogP contribution in [0.15, 0.2) is 28.8 Å². The molecule has 2 N–H and O–H groups in total. The molecule has 1 heterocycles. The van der Waals surface area contributed by atoms with Gasteiger partial charge in [0.15, 0.2) is 0 Å². The largest absolute Gasteiger partial charge is 0.497 e. The van der Waals surface area contributed by atoms with Crippen molar-refractivity contribution in [2.45, 2.75) is 19.9 Å². The maximum Gasteiger partial charge on any atom is 0.244 e. The predicted molar refractivity (Wildman–Crippen MR) is 68.1 cm³/mol. The van der Waals surface area contributed by atoms with Crippen molar-refractivity contribution in [3.05, 3.63) is 30.2 Å². The second-order valence-corrected chi connectivity index (χ2v) is 4.45. The minimum absolute atomic E-state index is 0.232. The normalized spacial score (nSPS) is 12.7. The first-order valence-corrected chi connectivity index (χ1v) is 5.85. The molecule has 0 fully saturated rings. The molecule has 2 rings (SSSR count). The minimum Gasteiger partial charge on any atom is -0.497 e. The van der Waals surface area contributed by atoms with Gasteiger partial charge in [0.25, 0.3) is 0 Å². The zero-order valence-corrected chi connectivity index (χ0v) is 10.8. The summed E-state index contributed by atoms with van der Waals surface area (Å²) in [6.45, 7) is 4.03. The van der Waals surface area contributed by atoms with E-state index in [9.17, 15) is 0 Å². The minimum atomic E-state index is -0.232. The van der Waals surface area contributed by atoms with E-state index in [4.69, 9.17) is 15.0 Å². The van der Waals surface area contributed by atoms with Crippen LogP contribution in [-0.4, -0.2) is 17.3 Å². The molecular weight excluding hydrogens is 230 g/mol. The predicted octanol–water partition coefficient (Wildman–Crippen LogP) is 2.40. The Morgan fingerprint density at radius 2 is 1.89 bits per heavy atom. The molecule has 0 bridgehead atoms. The second-order valence-electron chi connectivity index (χ2n) is 4.45. The molecule has 1 atom stereocenters. The number of ether oxygens (including phenoxy) is 1. The van der Waals surface area contributed by atoms with Crippen LogP contribution < -0.4 is 10.5 Å². The number of aromatic nitrogens is 2. The average Bonchev–Trinajstić information content (AvgIpc) is 2.87. The molecule has 5 nitrogen and oxygen atoms in total. The standard InChI is InChI=1S/C13H17N3O2/c1-8(2)11(14)13-15-12(16-18-13)9-4-6-10(17-3)7-5-9/h4-8,11H,14H2,1-3H3/t11-/m1/s1. The summed E-state index contributed by atoms with van der Waals surface area (Å²) in [6, 6.07) is 7.24. The van der Waals surface area contributed by atoms with Crippen molar-refractivity contribution in [1.82, 2.24) is 10.1 Å². The number of methoxy groups -OCH3 is 1. The highest BCUT2D eigenvalue weighted by atomic mass is 16.5. The highest BCUT2D eigenvalue weighted by molar-refractivity contribution is 5.55. The Balaban J connectivity index is 2.23. The number of hydrogen-bond donors (Lipinski definition) is 1. The SMILES string of the molecule is COc1ccc(-c2noc([C@H](N)C(C)C)n2)cc1. The summed E-state index contributed by atoms with van der Waals surface area (Å²) >= 11 is 0. The van der Waals surface area contributed by atoms with Crippen LogP contribution in [0.2, 0.25) is 0 Å². The van der Waals surface area contributed by atoms with E-state index in [-0.39, 0.29) is 12.0 Å². The molecule has 5 heteroatoms. The Morgan fingerprint density at radius 1 is 1.22 bits per heavy atom. The number of benzene rings is 1. The Morgan fingerprint density at radius 3 is 2.44 bits per heavy atom. The topological polar surface area (TPSA) is 74.2 Å². The molecule has 0 saturated heterocycles. The number of rotatable bonds is 4. The molecule has 0 saturated carbocycles. The molecule has 0 aliphatic heterocycles. The number of nitrogens with zero attached hydrogens (tertiary/aromatic N) is 2. The highest BCUT2D eigenvalue weighted by Gasteiger charge is 2.18. The highest BCUT2D eigenvalue weighted by Crippen LogP contribution is 2.23. The summed E-state index contributed by atoms with van der Waals surface area (Å²) in [6.07, 6.45) is 0. The lowest BCUT2D eigenvalue weighted by Crippen LogP contribution is -2.16. The summed E-state index contributed by atoms with van der Waals surface area (Å²) in [7, 11) is 1.63. The van der Waals surface area contributed by atoms with Gasteiger partial charge in [-0.05, 0) is 30.2 Å². The van der Waals surface area contributed by atoms with Gasteiger partial charge in [0.1, 0.15) is 5.75 Å². The second kappa shape index (κ2) is 5.18. The fourth-order valence-corrected chi connectivity index (χ4v) is 1.51.